The Hall–Kier alpha value is -3.18. The summed E-state index contributed by atoms with van der Waals surface area (Å²) in [6.07, 6.45) is 5.04. The van der Waals surface area contributed by atoms with Crippen molar-refractivity contribution < 1.29 is 34.2 Å². The highest BCUT2D eigenvalue weighted by Gasteiger charge is 2.55. The van der Waals surface area contributed by atoms with E-state index < -0.39 is 53.0 Å². The maximum atomic E-state index is 14.4. The summed E-state index contributed by atoms with van der Waals surface area (Å²) in [5.74, 6) is -2.38. The quantitative estimate of drug-likeness (QED) is 0.283. The van der Waals surface area contributed by atoms with Gasteiger partial charge in [0.1, 0.15) is 12.1 Å². The smallest absolute Gasteiger partial charge is 0.334 e. The highest BCUT2D eigenvalue weighted by molar-refractivity contribution is 6.31. The molecule has 5 atom stereocenters. The number of amides is 3. The molecule has 0 radical (unpaired) electrons. The first-order valence-electron chi connectivity index (χ1n) is 16.0. The van der Waals surface area contributed by atoms with Crippen molar-refractivity contribution in [2.24, 2.45) is 16.5 Å². The predicted octanol–water partition coefficient (Wildman–Crippen LogP) is 4.04. The molecule has 4 rings (SSSR count). The van der Waals surface area contributed by atoms with Gasteiger partial charge >= 0.3 is 5.97 Å². The molecule has 3 aliphatic rings. The number of likely N-dealkylation sites (tertiary alicyclic amines) is 1. The first-order valence-corrected chi connectivity index (χ1v) is 16.4. The van der Waals surface area contributed by atoms with E-state index in [0.29, 0.717) is 30.0 Å². The van der Waals surface area contributed by atoms with Crippen LogP contribution in [-0.2, 0) is 24.0 Å². The van der Waals surface area contributed by atoms with Gasteiger partial charge in [-0.1, -0.05) is 82.3 Å². The molecule has 2 aliphatic heterocycles. The van der Waals surface area contributed by atoms with E-state index in [2.05, 4.69) is 15.8 Å². The van der Waals surface area contributed by atoms with Crippen LogP contribution >= 0.6 is 11.6 Å². The first-order chi connectivity index (χ1) is 21.2. The Kier molecular flexibility index (Phi) is 11.2. The molecule has 1 saturated carbocycles. The number of carboxylic acids is 1. The number of nitrogens with zero attached hydrogens (tertiary/aromatic N) is 2. The standard InChI is InChI=1S/C33H47ClN4O7/c1-5-10-23(27(40)31(43)44)35-29(41)25-18-33(17-24(37-45-33)21-13-9-14-22(34)16-21)19-38(25)30(42)28(32(2,3)4)36-26(39)15-20-11-7-6-8-12-20/h9,13-14,16,20,23,25,27-28,40H,5-8,10-12,15,17-19H2,1-4H3,(H,35,41)(H,36,39)(H,43,44)/t23?,25-,27?,28+,33+/m0/s1. The molecule has 4 N–H and O–H groups in total. The number of carboxylic acid groups (broad SMARTS) is 1. The maximum Gasteiger partial charge on any atom is 0.334 e. The lowest BCUT2D eigenvalue weighted by molar-refractivity contribution is -0.150. The third-order valence-electron chi connectivity index (χ3n) is 9.16. The fraction of sp³-hybridized carbons (Fsp3) is 0.667. The molecule has 3 amide bonds. The lowest BCUT2D eigenvalue weighted by Gasteiger charge is -2.36. The number of aliphatic hydroxyl groups is 1. The number of benzene rings is 1. The number of aliphatic carboxylic acids is 1. The van der Waals surface area contributed by atoms with Gasteiger partial charge in [0.05, 0.1) is 18.3 Å². The minimum Gasteiger partial charge on any atom is -0.479 e. The average molecular weight is 647 g/mol. The number of rotatable bonds is 11. The number of carbonyl (C=O) groups excluding carboxylic acids is 3. The van der Waals surface area contributed by atoms with Crippen molar-refractivity contribution in [1.29, 1.82) is 0 Å². The zero-order valence-electron chi connectivity index (χ0n) is 26.7. The van der Waals surface area contributed by atoms with Crippen LogP contribution in [0.5, 0.6) is 0 Å². The maximum absolute atomic E-state index is 14.4. The minimum atomic E-state index is -1.81. The van der Waals surface area contributed by atoms with Gasteiger partial charge in [0.2, 0.25) is 17.7 Å². The lowest BCUT2D eigenvalue weighted by atomic mass is 9.84. The van der Waals surface area contributed by atoms with Crippen LogP contribution in [0.1, 0.15) is 97.5 Å². The van der Waals surface area contributed by atoms with Crippen molar-refractivity contribution in [3.8, 4) is 0 Å². The third-order valence-corrected chi connectivity index (χ3v) is 9.40. The third kappa shape index (κ3) is 8.55. The molecule has 45 heavy (non-hydrogen) atoms. The van der Waals surface area contributed by atoms with Gasteiger partial charge in [-0.2, -0.15) is 0 Å². The zero-order chi connectivity index (χ0) is 32.9. The molecule has 248 valence electrons. The average Bonchev–Trinajstić information content (AvgIpc) is 3.58. The molecule has 1 saturated heterocycles. The molecule has 11 nitrogen and oxygen atoms in total. The normalized spacial score (nSPS) is 24.0. The molecular formula is C33H47ClN4O7. The van der Waals surface area contributed by atoms with Gasteiger partial charge in [-0.15, -0.1) is 0 Å². The fourth-order valence-electron chi connectivity index (χ4n) is 6.71. The van der Waals surface area contributed by atoms with Gasteiger partial charge in [-0.3, -0.25) is 14.4 Å². The van der Waals surface area contributed by atoms with Crippen molar-refractivity contribution in [2.75, 3.05) is 6.54 Å². The van der Waals surface area contributed by atoms with Gasteiger partial charge in [0.15, 0.2) is 11.7 Å². The van der Waals surface area contributed by atoms with Crippen LogP contribution in [-0.4, -0.2) is 80.9 Å². The summed E-state index contributed by atoms with van der Waals surface area (Å²) in [7, 11) is 0. The van der Waals surface area contributed by atoms with E-state index in [1.807, 2.05) is 33.8 Å². The van der Waals surface area contributed by atoms with Crippen molar-refractivity contribution >= 4 is 41.0 Å². The van der Waals surface area contributed by atoms with Gasteiger partial charge in [-0.05, 0) is 42.7 Å². The Morgan fingerprint density at radius 1 is 1.16 bits per heavy atom. The summed E-state index contributed by atoms with van der Waals surface area (Å²) >= 11 is 6.21. The van der Waals surface area contributed by atoms with Crippen LogP contribution in [0.3, 0.4) is 0 Å². The second-order valence-electron chi connectivity index (χ2n) is 13.9. The molecule has 1 aromatic rings. The first kappa shape index (κ1) is 34.7. The molecule has 1 aromatic carbocycles. The van der Waals surface area contributed by atoms with Crippen LogP contribution in [0, 0.1) is 11.3 Å². The largest absolute Gasteiger partial charge is 0.479 e. The Bertz CT molecular complexity index is 1290. The van der Waals surface area contributed by atoms with E-state index in [4.69, 9.17) is 16.4 Å². The Labute approximate surface area is 270 Å². The summed E-state index contributed by atoms with van der Waals surface area (Å²) in [6, 6.07) is 4.15. The molecule has 12 heteroatoms. The van der Waals surface area contributed by atoms with E-state index in [0.717, 1.165) is 31.2 Å². The number of carbonyl (C=O) groups is 4. The lowest BCUT2D eigenvalue weighted by Crippen LogP contribution is -2.59. The fourth-order valence-corrected chi connectivity index (χ4v) is 6.90. The summed E-state index contributed by atoms with van der Waals surface area (Å²) in [4.78, 5) is 60.5. The van der Waals surface area contributed by atoms with Gasteiger partial charge in [-0.25, -0.2) is 4.79 Å². The molecule has 2 unspecified atom stereocenters. The van der Waals surface area contributed by atoms with E-state index in [9.17, 15) is 29.4 Å². The van der Waals surface area contributed by atoms with Gasteiger partial charge < -0.3 is 30.6 Å². The molecule has 1 spiro atoms. The zero-order valence-corrected chi connectivity index (χ0v) is 27.4. The summed E-state index contributed by atoms with van der Waals surface area (Å²) in [6.45, 7) is 7.44. The van der Waals surface area contributed by atoms with Crippen LogP contribution < -0.4 is 10.6 Å². The summed E-state index contributed by atoms with van der Waals surface area (Å²) < 4.78 is 0. The van der Waals surface area contributed by atoms with E-state index >= 15 is 0 Å². The number of aliphatic hydroxyl groups excluding tert-OH is 1. The number of hydrogen-bond acceptors (Lipinski definition) is 7. The monoisotopic (exact) mass is 646 g/mol. The summed E-state index contributed by atoms with van der Waals surface area (Å²) in [5, 5.41) is 30.3. The van der Waals surface area contributed by atoms with Crippen molar-refractivity contribution in [3.63, 3.8) is 0 Å². The molecular weight excluding hydrogens is 600 g/mol. The van der Waals surface area contributed by atoms with Crippen molar-refractivity contribution in [1.82, 2.24) is 15.5 Å². The van der Waals surface area contributed by atoms with Gasteiger partial charge in [0, 0.05) is 29.8 Å². The Morgan fingerprint density at radius 2 is 1.87 bits per heavy atom. The highest BCUT2D eigenvalue weighted by Crippen LogP contribution is 2.40. The second-order valence-corrected chi connectivity index (χ2v) is 14.4. The van der Waals surface area contributed by atoms with E-state index in [1.54, 1.807) is 18.2 Å². The summed E-state index contributed by atoms with van der Waals surface area (Å²) in [5.41, 5.74) is -0.306. The Balaban J connectivity index is 1.60. The minimum absolute atomic E-state index is 0.0302. The predicted molar refractivity (Wildman–Crippen MR) is 170 cm³/mol. The molecule has 0 bridgehead atoms. The molecule has 2 fully saturated rings. The number of halogens is 1. The van der Waals surface area contributed by atoms with Crippen molar-refractivity contribution in [2.45, 2.75) is 122 Å². The number of hydrogen-bond donors (Lipinski definition) is 4. The number of nitrogens with one attached hydrogen (secondary N) is 2. The van der Waals surface area contributed by atoms with Crippen molar-refractivity contribution in [3.05, 3.63) is 34.9 Å². The van der Waals surface area contributed by atoms with Crippen LogP contribution in [0.4, 0.5) is 0 Å². The Morgan fingerprint density at radius 3 is 2.49 bits per heavy atom. The van der Waals surface area contributed by atoms with E-state index in [-0.39, 0.29) is 31.2 Å². The second kappa shape index (κ2) is 14.5. The molecule has 1 aliphatic carbocycles. The molecule has 2 heterocycles. The number of oxime groups is 1. The topological polar surface area (TPSA) is 158 Å². The van der Waals surface area contributed by atoms with E-state index in [1.165, 1.54) is 11.3 Å². The van der Waals surface area contributed by atoms with Crippen LogP contribution in [0.2, 0.25) is 5.02 Å². The molecule has 0 aromatic heterocycles. The highest BCUT2D eigenvalue weighted by atomic mass is 35.5. The SMILES string of the molecule is CCCC(NC(=O)[C@@H]1C[C@]2(CC(c3cccc(Cl)c3)=NO2)CN1C(=O)[C@@H](NC(=O)CC1CCCCC1)C(C)(C)C)C(O)C(=O)O. The van der Waals surface area contributed by atoms with Gasteiger partial charge in [0.25, 0.3) is 0 Å². The van der Waals surface area contributed by atoms with Crippen LogP contribution in [0.15, 0.2) is 29.4 Å². The van der Waals surface area contributed by atoms with Crippen LogP contribution in [0.25, 0.3) is 0 Å².